The smallest absolute Gasteiger partial charge is 0.338 e. The van der Waals surface area contributed by atoms with Crippen LogP contribution in [0.25, 0.3) is 0 Å². The summed E-state index contributed by atoms with van der Waals surface area (Å²) in [6.07, 6.45) is 9.59. The van der Waals surface area contributed by atoms with Gasteiger partial charge in [-0.2, -0.15) is 0 Å². The molecule has 4 fully saturated rings. The van der Waals surface area contributed by atoms with Crippen molar-refractivity contribution in [2.75, 3.05) is 7.11 Å². The molecule has 1 aromatic carbocycles. The Morgan fingerprint density at radius 1 is 1.03 bits per heavy atom. The fraction of sp³-hybridized carbons (Fsp3) is 0.750. The molecule has 0 aliphatic heterocycles. The molecule has 0 heterocycles. The van der Waals surface area contributed by atoms with E-state index < -0.39 is 0 Å². The third-order valence-electron chi connectivity index (χ3n) is 11.8. The number of fused-ring (bicyclic) bond motifs is 5. The molecule has 0 saturated heterocycles. The molecule has 0 aromatic heterocycles. The van der Waals surface area contributed by atoms with Crippen LogP contribution in [0.4, 0.5) is 0 Å². The lowest BCUT2D eigenvalue weighted by atomic mass is 9.43. The lowest BCUT2D eigenvalue weighted by Crippen LogP contribution is -2.59. The van der Waals surface area contributed by atoms with Gasteiger partial charge < -0.3 is 14.6 Å². The van der Waals surface area contributed by atoms with Crippen LogP contribution in [0.3, 0.4) is 0 Å². The van der Waals surface area contributed by atoms with E-state index in [4.69, 9.17) is 9.47 Å². The third-order valence-corrected chi connectivity index (χ3v) is 11.8. The van der Waals surface area contributed by atoms with Gasteiger partial charge in [-0.05, 0) is 116 Å². The van der Waals surface area contributed by atoms with Crippen molar-refractivity contribution in [3.63, 3.8) is 0 Å². The van der Waals surface area contributed by atoms with Gasteiger partial charge in [0.25, 0.3) is 0 Å². The SMILES string of the molecule is COC(=O)CC[C@H](C)[C@@H]1CC[C@@H]2[C@H]3CC[C@@H]4C[C@H](OC(=O)c5ccccc5)CC[C@]4(C)[C@H]3C[C@H](O)[C@@]21C. The topological polar surface area (TPSA) is 72.8 Å². The normalized spacial score (nSPS) is 41.6. The molecule has 0 spiro atoms. The highest BCUT2D eigenvalue weighted by atomic mass is 16.5. The van der Waals surface area contributed by atoms with Gasteiger partial charge in [-0.3, -0.25) is 4.79 Å². The molecule has 0 radical (unpaired) electrons. The number of hydrogen-bond acceptors (Lipinski definition) is 5. The molecule has 1 N–H and O–H groups in total. The number of carbonyl (C=O) groups is 2. The fourth-order valence-corrected chi connectivity index (χ4v) is 9.69. The molecule has 5 rings (SSSR count). The second kappa shape index (κ2) is 10.4. The molecule has 5 nitrogen and oxygen atoms in total. The minimum Gasteiger partial charge on any atom is -0.469 e. The number of benzene rings is 1. The van der Waals surface area contributed by atoms with Crippen molar-refractivity contribution < 1.29 is 24.2 Å². The molecule has 10 atom stereocenters. The van der Waals surface area contributed by atoms with E-state index in [0.717, 1.165) is 38.5 Å². The van der Waals surface area contributed by atoms with Crippen LogP contribution in [0.5, 0.6) is 0 Å². The predicted molar refractivity (Wildman–Crippen MR) is 143 cm³/mol. The molecule has 37 heavy (non-hydrogen) atoms. The van der Waals surface area contributed by atoms with Crippen molar-refractivity contribution in [2.45, 2.75) is 97.2 Å². The van der Waals surface area contributed by atoms with Gasteiger partial charge in [0.15, 0.2) is 0 Å². The second-order valence-electron chi connectivity index (χ2n) is 13.2. The number of esters is 2. The first kappa shape index (κ1) is 26.7. The van der Waals surface area contributed by atoms with E-state index in [1.54, 1.807) is 0 Å². The minimum absolute atomic E-state index is 0.00682. The Morgan fingerprint density at radius 2 is 1.78 bits per heavy atom. The Hall–Kier alpha value is -1.88. The number of aliphatic hydroxyl groups is 1. The third kappa shape index (κ3) is 4.64. The maximum Gasteiger partial charge on any atom is 0.338 e. The van der Waals surface area contributed by atoms with Crippen molar-refractivity contribution in [3.8, 4) is 0 Å². The molecule has 0 amide bonds. The number of ether oxygens (including phenoxy) is 2. The minimum atomic E-state index is -0.295. The average Bonchev–Trinajstić information content (AvgIpc) is 3.27. The van der Waals surface area contributed by atoms with Gasteiger partial charge in [-0.15, -0.1) is 0 Å². The average molecular weight is 511 g/mol. The van der Waals surface area contributed by atoms with Gasteiger partial charge in [0.1, 0.15) is 6.10 Å². The summed E-state index contributed by atoms with van der Waals surface area (Å²) >= 11 is 0. The summed E-state index contributed by atoms with van der Waals surface area (Å²) in [5.74, 6) is 2.82. The van der Waals surface area contributed by atoms with Crippen LogP contribution in [-0.4, -0.2) is 36.4 Å². The lowest BCUT2D eigenvalue weighted by Gasteiger charge is -2.62. The first-order valence-electron chi connectivity index (χ1n) is 14.7. The quantitative estimate of drug-likeness (QED) is 0.447. The van der Waals surface area contributed by atoms with Crippen LogP contribution >= 0.6 is 0 Å². The zero-order valence-electron chi connectivity index (χ0n) is 23.2. The maximum absolute atomic E-state index is 12.7. The molecular weight excluding hydrogens is 464 g/mol. The summed E-state index contributed by atoms with van der Waals surface area (Å²) in [6.45, 7) is 7.11. The van der Waals surface area contributed by atoms with E-state index in [1.807, 2.05) is 30.3 Å². The van der Waals surface area contributed by atoms with Gasteiger partial charge in [0, 0.05) is 6.42 Å². The largest absolute Gasteiger partial charge is 0.469 e. The van der Waals surface area contributed by atoms with E-state index in [2.05, 4.69) is 20.8 Å². The molecule has 4 aliphatic rings. The monoisotopic (exact) mass is 510 g/mol. The molecule has 204 valence electrons. The van der Waals surface area contributed by atoms with Crippen LogP contribution in [0.15, 0.2) is 30.3 Å². The van der Waals surface area contributed by atoms with Gasteiger partial charge in [-0.25, -0.2) is 4.79 Å². The molecule has 5 heteroatoms. The maximum atomic E-state index is 12.7. The van der Waals surface area contributed by atoms with E-state index in [-0.39, 0.29) is 35.0 Å². The van der Waals surface area contributed by atoms with Crippen LogP contribution < -0.4 is 0 Å². The first-order valence-corrected chi connectivity index (χ1v) is 14.7. The molecule has 4 saturated carbocycles. The van der Waals surface area contributed by atoms with Gasteiger partial charge >= 0.3 is 11.9 Å². The Balaban J connectivity index is 1.27. The zero-order chi connectivity index (χ0) is 26.4. The standard InChI is InChI=1S/C32H46O5/c1-20(10-15-29(34)36-4)25-13-14-26-24-12-11-22-18-23(37-30(35)21-8-6-5-7-9-21)16-17-31(22,2)27(24)19-28(33)32(25,26)3/h5-9,20,22-28,33H,10-19H2,1-4H3/t20-,22+,23+,24+,25-,26+,27-,28-,31-,32+/m0/s1. The summed E-state index contributed by atoms with van der Waals surface area (Å²) in [6, 6.07) is 9.33. The van der Waals surface area contributed by atoms with Crippen LogP contribution in [0, 0.1) is 46.3 Å². The summed E-state index contributed by atoms with van der Waals surface area (Å²) < 4.78 is 10.9. The van der Waals surface area contributed by atoms with E-state index in [9.17, 15) is 14.7 Å². The van der Waals surface area contributed by atoms with Crippen LogP contribution in [0.2, 0.25) is 0 Å². The van der Waals surface area contributed by atoms with E-state index in [0.29, 0.717) is 47.5 Å². The zero-order valence-corrected chi connectivity index (χ0v) is 23.2. The molecule has 4 aliphatic carbocycles. The van der Waals surface area contributed by atoms with Crippen molar-refractivity contribution in [1.82, 2.24) is 0 Å². The second-order valence-corrected chi connectivity index (χ2v) is 13.2. The highest BCUT2D eigenvalue weighted by Crippen LogP contribution is 2.68. The van der Waals surface area contributed by atoms with Crippen LogP contribution in [-0.2, 0) is 14.3 Å². The van der Waals surface area contributed by atoms with Gasteiger partial charge in [0.05, 0.1) is 18.8 Å². The summed E-state index contributed by atoms with van der Waals surface area (Å²) in [4.78, 5) is 24.5. The lowest BCUT2D eigenvalue weighted by molar-refractivity contribution is -0.175. The molecule has 0 bridgehead atoms. The molecular formula is C32H46O5. The van der Waals surface area contributed by atoms with Crippen molar-refractivity contribution >= 4 is 11.9 Å². The van der Waals surface area contributed by atoms with Crippen molar-refractivity contribution in [2.24, 2.45) is 46.3 Å². The predicted octanol–water partition coefficient (Wildman–Crippen LogP) is 6.43. The van der Waals surface area contributed by atoms with Crippen LogP contribution in [0.1, 0.15) is 95.3 Å². The van der Waals surface area contributed by atoms with E-state index in [1.165, 1.54) is 26.4 Å². The highest BCUT2D eigenvalue weighted by Gasteiger charge is 2.63. The van der Waals surface area contributed by atoms with E-state index >= 15 is 0 Å². The Kier molecular flexibility index (Phi) is 7.48. The Labute approximate surface area is 222 Å². The number of carbonyl (C=O) groups excluding carboxylic acids is 2. The highest BCUT2D eigenvalue weighted by molar-refractivity contribution is 5.89. The first-order chi connectivity index (χ1) is 17.7. The molecule has 1 aromatic rings. The van der Waals surface area contributed by atoms with Gasteiger partial charge in [-0.1, -0.05) is 39.0 Å². The summed E-state index contributed by atoms with van der Waals surface area (Å²) in [5, 5.41) is 11.8. The summed E-state index contributed by atoms with van der Waals surface area (Å²) in [5.41, 5.74) is 0.767. The Morgan fingerprint density at radius 3 is 2.51 bits per heavy atom. The number of methoxy groups -OCH3 is 1. The molecule has 0 unspecified atom stereocenters. The van der Waals surface area contributed by atoms with Gasteiger partial charge in [0.2, 0.25) is 0 Å². The number of hydrogen-bond donors (Lipinski definition) is 1. The number of rotatable bonds is 6. The fourth-order valence-electron chi connectivity index (χ4n) is 9.69. The summed E-state index contributed by atoms with van der Waals surface area (Å²) in [7, 11) is 1.46. The Bertz CT molecular complexity index is 977. The van der Waals surface area contributed by atoms with Crippen molar-refractivity contribution in [3.05, 3.63) is 35.9 Å². The number of aliphatic hydroxyl groups excluding tert-OH is 1. The van der Waals surface area contributed by atoms with Crippen molar-refractivity contribution in [1.29, 1.82) is 0 Å².